The molecule has 3 N–H and O–H groups in total. The van der Waals surface area contributed by atoms with Crippen LogP contribution in [-0.4, -0.2) is 22.1 Å². The smallest absolute Gasteiger partial charge is 0.336 e. The molecule has 2 aromatic carbocycles. The molecule has 1 amide bonds. The summed E-state index contributed by atoms with van der Waals surface area (Å²) >= 11 is 8.89. The average Bonchev–Trinajstić information content (AvgIpc) is 2.43. The van der Waals surface area contributed by atoms with E-state index in [1.54, 1.807) is 0 Å². The van der Waals surface area contributed by atoms with Crippen molar-refractivity contribution in [1.29, 1.82) is 0 Å². The molecule has 0 atom stereocenters. The van der Waals surface area contributed by atoms with E-state index in [1.165, 1.54) is 36.4 Å². The number of hydrogen-bond acceptors (Lipinski definition) is 3. The maximum Gasteiger partial charge on any atom is 0.336 e. The third-order valence-corrected chi connectivity index (χ3v) is 3.58. The number of carboxylic acid groups (broad SMARTS) is 1. The highest BCUT2D eigenvalue weighted by Crippen LogP contribution is 2.24. The molecule has 0 bridgehead atoms. The lowest BCUT2D eigenvalue weighted by atomic mass is 10.1. The first-order chi connectivity index (χ1) is 9.88. The van der Waals surface area contributed by atoms with Crippen molar-refractivity contribution in [2.24, 2.45) is 0 Å². The summed E-state index contributed by atoms with van der Waals surface area (Å²) in [5, 5.41) is 21.5. The van der Waals surface area contributed by atoms with Gasteiger partial charge in [-0.05, 0) is 52.3 Å². The van der Waals surface area contributed by atoms with Crippen LogP contribution in [0.1, 0.15) is 20.7 Å². The molecule has 108 valence electrons. The van der Waals surface area contributed by atoms with Crippen LogP contribution in [0.5, 0.6) is 5.75 Å². The Morgan fingerprint density at radius 1 is 1.10 bits per heavy atom. The normalized spacial score (nSPS) is 10.2. The van der Waals surface area contributed by atoms with Crippen molar-refractivity contribution in [3.8, 4) is 5.75 Å². The van der Waals surface area contributed by atoms with Gasteiger partial charge in [-0.15, -0.1) is 0 Å². The number of phenolic OH excluding ortho intramolecular Hbond substituents is 1. The Morgan fingerprint density at radius 2 is 1.81 bits per heavy atom. The van der Waals surface area contributed by atoms with Gasteiger partial charge in [0.15, 0.2) is 0 Å². The van der Waals surface area contributed by atoms with Crippen molar-refractivity contribution in [3.63, 3.8) is 0 Å². The second-order valence-electron chi connectivity index (χ2n) is 4.12. The number of nitrogens with one attached hydrogen (secondary N) is 1. The average molecular weight is 371 g/mol. The highest BCUT2D eigenvalue weighted by atomic mass is 79.9. The second kappa shape index (κ2) is 6.15. The Morgan fingerprint density at radius 3 is 2.48 bits per heavy atom. The standard InChI is InChI=1S/C14H9BrClNO4/c15-11-3-2-8(6-9(11)14(20)21)17-13(19)10-5-7(16)1-4-12(10)18/h1-6,18H,(H,17,19)(H,20,21). The van der Waals surface area contributed by atoms with Gasteiger partial charge in [0.05, 0.1) is 11.1 Å². The lowest BCUT2D eigenvalue weighted by Crippen LogP contribution is -2.12. The Labute approximate surface area is 133 Å². The third kappa shape index (κ3) is 3.53. The molecule has 2 aromatic rings. The first-order valence-electron chi connectivity index (χ1n) is 5.71. The molecule has 0 spiro atoms. The number of anilines is 1. The highest BCUT2D eigenvalue weighted by Gasteiger charge is 2.14. The molecule has 0 aliphatic rings. The second-order valence-corrected chi connectivity index (χ2v) is 5.41. The quantitative estimate of drug-likeness (QED) is 0.768. The minimum Gasteiger partial charge on any atom is -0.507 e. The van der Waals surface area contributed by atoms with Crippen LogP contribution in [-0.2, 0) is 0 Å². The monoisotopic (exact) mass is 369 g/mol. The number of carbonyl (C=O) groups excluding carboxylic acids is 1. The summed E-state index contributed by atoms with van der Waals surface area (Å²) in [5.41, 5.74) is 0.311. The number of hydrogen-bond donors (Lipinski definition) is 3. The number of phenols is 1. The van der Waals surface area contributed by atoms with Gasteiger partial charge >= 0.3 is 5.97 Å². The molecular formula is C14H9BrClNO4. The summed E-state index contributed by atoms with van der Waals surface area (Å²) in [5.74, 6) is -1.93. The molecule has 0 aliphatic heterocycles. The van der Waals surface area contributed by atoms with E-state index in [9.17, 15) is 14.7 Å². The topological polar surface area (TPSA) is 86.6 Å². The number of rotatable bonds is 3. The first kappa shape index (κ1) is 15.3. The lowest BCUT2D eigenvalue weighted by molar-refractivity contribution is 0.0695. The van der Waals surface area contributed by atoms with Crippen LogP contribution in [0.15, 0.2) is 40.9 Å². The fraction of sp³-hybridized carbons (Fsp3) is 0. The number of amides is 1. The third-order valence-electron chi connectivity index (χ3n) is 2.66. The van der Waals surface area contributed by atoms with Crippen molar-refractivity contribution < 1.29 is 19.8 Å². The summed E-state index contributed by atoms with van der Waals surface area (Å²) in [7, 11) is 0. The summed E-state index contributed by atoms with van der Waals surface area (Å²) in [4.78, 5) is 23.1. The van der Waals surface area contributed by atoms with Crippen LogP contribution >= 0.6 is 27.5 Å². The molecule has 0 heterocycles. The molecule has 0 aliphatic carbocycles. The molecule has 0 saturated heterocycles. The van der Waals surface area contributed by atoms with Gasteiger partial charge in [-0.25, -0.2) is 4.79 Å². The molecule has 0 fully saturated rings. The molecule has 0 saturated carbocycles. The maximum absolute atomic E-state index is 12.1. The van der Waals surface area contributed by atoms with Gasteiger partial charge in [-0.2, -0.15) is 0 Å². The van der Waals surface area contributed by atoms with E-state index in [-0.39, 0.29) is 16.9 Å². The molecule has 0 unspecified atom stereocenters. The number of aromatic carboxylic acids is 1. The molecule has 7 heteroatoms. The summed E-state index contributed by atoms with van der Waals surface area (Å²) < 4.78 is 0.401. The SMILES string of the molecule is O=C(Nc1ccc(Br)c(C(=O)O)c1)c1cc(Cl)ccc1O. The van der Waals surface area contributed by atoms with Crippen LogP contribution < -0.4 is 5.32 Å². The minimum absolute atomic E-state index is 0.00212. The predicted octanol–water partition coefficient (Wildman–Crippen LogP) is 3.76. The Bertz CT molecular complexity index is 733. The van der Waals surface area contributed by atoms with Gasteiger partial charge in [0.25, 0.3) is 5.91 Å². The van der Waals surface area contributed by atoms with E-state index in [4.69, 9.17) is 16.7 Å². The number of carbonyl (C=O) groups is 2. The van der Waals surface area contributed by atoms with Crippen molar-refractivity contribution in [2.75, 3.05) is 5.32 Å². The Balaban J connectivity index is 2.29. The Kier molecular flexibility index (Phi) is 4.50. The molecule has 21 heavy (non-hydrogen) atoms. The van der Waals surface area contributed by atoms with Crippen molar-refractivity contribution >= 4 is 45.1 Å². The zero-order chi connectivity index (χ0) is 15.6. The fourth-order valence-corrected chi connectivity index (χ4v) is 2.24. The van der Waals surface area contributed by atoms with Crippen molar-refractivity contribution in [3.05, 3.63) is 57.0 Å². The molecule has 0 radical (unpaired) electrons. The lowest BCUT2D eigenvalue weighted by Gasteiger charge is -2.08. The van der Waals surface area contributed by atoms with Crippen molar-refractivity contribution in [2.45, 2.75) is 0 Å². The van der Waals surface area contributed by atoms with Gasteiger partial charge in [0, 0.05) is 15.2 Å². The van der Waals surface area contributed by atoms with Crippen LogP contribution in [0.3, 0.4) is 0 Å². The Hall–Kier alpha value is -2.05. The van der Waals surface area contributed by atoms with E-state index >= 15 is 0 Å². The van der Waals surface area contributed by atoms with E-state index in [1.807, 2.05) is 0 Å². The molecular weight excluding hydrogens is 362 g/mol. The number of aromatic hydroxyl groups is 1. The van der Waals surface area contributed by atoms with E-state index in [2.05, 4.69) is 21.2 Å². The summed E-state index contributed by atoms with van der Waals surface area (Å²) in [6.07, 6.45) is 0. The van der Waals surface area contributed by atoms with Crippen LogP contribution in [0, 0.1) is 0 Å². The summed E-state index contributed by atoms with van der Waals surface area (Å²) in [6, 6.07) is 8.44. The minimum atomic E-state index is -1.12. The molecule has 0 aromatic heterocycles. The van der Waals surface area contributed by atoms with Gasteiger partial charge in [-0.3, -0.25) is 4.79 Å². The van der Waals surface area contributed by atoms with Crippen LogP contribution in [0.25, 0.3) is 0 Å². The fourth-order valence-electron chi connectivity index (χ4n) is 1.66. The van der Waals surface area contributed by atoms with E-state index in [0.29, 0.717) is 15.2 Å². The van der Waals surface area contributed by atoms with E-state index in [0.717, 1.165) is 0 Å². The van der Waals surface area contributed by atoms with Gasteiger partial charge in [0.2, 0.25) is 0 Å². The van der Waals surface area contributed by atoms with Gasteiger partial charge in [0.1, 0.15) is 5.75 Å². The van der Waals surface area contributed by atoms with Crippen LogP contribution in [0.2, 0.25) is 5.02 Å². The van der Waals surface area contributed by atoms with Gasteiger partial charge < -0.3 is 15.5 Å². The maximum atomic E-state index is 12.1. The zero-order valence-corrected chi connectivity index (χ0v) is 12.8. The van der Waals surface area contributed by atoms with Crippen LogP contribution in [0.4, 0.5) is 5.69 Å². The highest BCUT2D eigenvalue weighted by molar-refractivity contribution is 9.10. The number of benzene rings is 2. The zero-order valence-electron chi connectivity index (χ0n) is 10.4. The van der Waals surface area contributed by atoms with Gasteiger partial charge in [-0.1, -0.05) is 11.6 Å². The predicted molar refractivity (Wildman–Crippen MR) is 82.2 cm³/mol. The van der Waals surface area contributed by atoms with Crippen molar-refractivity contribution in [1.82, 2.24) is 0 Å². The number of carboxylic acids is 1. The summed E-state index contributed by atoms with van der Waals surface area (Å²) in [6.45, 7) is 0. The molecule has 5 nitrogen and oxygen atoms in total. The molecule has 2 rings (SSSR count). The first-order valence-corrected chi connectivity index (χ1v) is 6.88. The largest absolute Gasteiger partial charge is 0.507 e. The number of halogens is 2. The van der Waals surface area contributed by atoms with E-state index < -0.39 is 11.9 Å².